The van der Waals surface area contributed by atoms with E-state index in [1.807, 2.05) is 6.08 Å². The summed E-state index contributed by atoms with van der Waals surface area (Å²) in [5.74, 6) is 0.535. The summed E-state index contributed by atoms with van der Waals surface area (Å²) in [5, 5.41) is 20.8. The molecule has 5 unspecified atom stereocenters. The van der Waals surface area contributed by atoms with E-state index in [2.05, 4.69) is 19.9 Å². The fourth-order valence-electron chi connectivity index (χ4n) is 6.04. The van der Waals surface area contributed by atoms with Gasteiger partial charge in [0.05, 0.1) is 12.2 Å². The molecule has 8 atom stereocenters. The minimum absolute atomic E-state index is 0.0411. The molecular weight excluding hydrogens is 293 g/mol. The van der Waals surface area contributed by atoms with E-state index in [1.54, 1.807) is 0 Å². The monoisotopic (exact) mass is 321 g/mol. The van der Waals surface area contributed by atoms with Crippen LogP contribution in [0, 0.1) is 22.7 Å². The number of allylic oxidation sites excluding steroid dienone is 1. The van der Waals surface area contributed by atoms with Crippen molar-refractivity contribution >= 4 is 0 Å². The number of nitrogens with two attached hydrogens (primary N) is 1. The molecule has 4 rings (SSSR count). The second kappa shape index (κ2) is 4.90. The SMILES string of the molecule is C[C@]12CC[C@@H]3C(=C1CC(F)C2N)C(O)CC1CC(O)C=C[C@@]13C. The maximum Gasteiger partial charge on any atom is 0.120 e. The average molecular weight is 321 g/mol. The first-order chi connectivity index (χ1) is 10.8. The summed E-state index contributed by atoms with van der Waals surface area (Å²) in [6.07, 6.45) is 5.75. The van der Waals surface area contributed by atoms with Crippen molar-refractivity contribution in [3.05, 3.63) is 23.3 Å². The molecule has 4 N–H and O–H groups in total. The smallest absolute Gasteiger partial charge is 0.120 e. The Hall–Kier alpha value is -0.710. The molecule has 0 spiro atoms. The van der Waals surface area contributed by atoms with Gasteiger partial charge in [-0.2, -0.15) is 0 Å². The lowest BCUT2D eigenvalue weighted by Crippen LogP contribution is -2.51. The van der Waals surface area contributed by atoms with Crippen molar-refractivity contribution in [2.45, 2.75) is 70.4 Å². The first-order valence-electron chi connectivity index (χ1n) is 8.96. The highest BCUT2D eigenvalue weighted by Crippen LogP contribution is 2.62. The molecule has 4 aliphatic carbocycles. The van der Waals surface area contributed by atoms with Crippen LogP contribution in [0.25, 0.3) is 0 Å². The van der Waals surface area contributed by atoms with Crippen molar-refractivity contribution in [1.29, 1.82) is 0 Å². The third kappa shape index (κ3) is 1.98. The normalized spacial score (nSPS) is 55.4. The Kier molecular flexibility index (Phi) is 3.37. The lowest BCUT2D eigenvalue weighted by molar-refractivity contribution is -0.00134. The zero-order valence-corrected chi connectivity index (χ0v) is 14.0. The van der Waals surface area contributed by atoms with Gasteiger partial charge in [-0.25, -0.2) is 4.39 Å². The standard InChI is InChI=1S/C19H28FNO2/c1-18-5-3-11(22)7-10(18)8-15(23)16-12(18)4-6-19(2)13(16)9-14(20)17(19)21/h3,5,10-12,14-15,17,22-23H,4,6-9,21H2,1-2H3/t10?,11?,12-,14?,15?,17?,18+,19+/m1/s1. The molecule has 128 valence electrons. The van der Waals surface area contributed by atoms with Gasteiger partial charge >= 0.3 is 0 Å². The zero-order valence-electron chi connectivity index (χ0n) is 14.0. The molecule has 0 aromatic heterocycles. The largest absolute Gasteiger partial charge is 0.389 e. The van der Waals surface area contributed by atoms with Crippen LogP contribution in [0.1, 0.15) is 46.0 Å². The van der Waals surface area contributed by atoms with E-state index in [0.717, 1.165) is 24.0 Å². The minimum Gasteiger partial charge on any atom is -0.389 e. The number of alkyl halides is 1. The fraction of sp³-hybridized carbons (Fsp3) is 0.789. The number of hydrogen-bond donors (Lipinski definition) is 3. The number of rotatable bonds is 0. The van der Waals surface area contributed by atoms with Crippen LogP contribution in [0.3, 0.4) is 0 Å². The molecule has 0 saturated heterocycles. The number of fused-ring (bicyclic) bond motifs is 4. The van der Waals surface area contributed by atoms with E-state index < -0.39 is 24.4 Å². The molecule has 0 aromatic carbocycles. The highest BCUT2D eigenvalue weighted by molar-refractivity contribution is 5.40. The van der Waals surface area contributed by atoms with Crippen molar-refractivity contribution < 1.29 is 14.6 Å². The summed E-state index contributed by atoms with van der Waals surface area (Å²) in [4.78, 5) is 0. The van der Waals surface area contributed by atoms with Crippen LogP contribution in [0.5, 0.6) is 0 Å². The highest BCUT2D eigenvalue weighted by atomic mass is 19.1. The second-order valence-electron chi connectivity index (χ2n) is 8.67. The topological polar surface area (TPSA) is 66.5 Å². The van der Waals surface area contributed by atoms with E-state index >= 15 is 0 Å². The van der Waals surface area contributed by atoms with Crippen molar-refractivity contribution in [2.75, 3.05) is 0 Å². The number of hydrogen-bond acceptors (Lipinski definition) is 3. The van der Waals surface area contributed by atoms with Crippen molar-refractivity contribution in [3.63, 3.8) is 0 Å². The molecule has 0 amide bonds. The van der Waals surface area contributed by atoms with Crippen LogP contribution in [0.4, 0.5) is 4.39 Å². The number of aliphatic hydroxyl groups is 2. The maximum absolute atomic E-state index is 14.3. The summed E-state index contributed by atoms with van der Waals surface area (Å²) in [5.41, 5.74) is 8.02. The Bertz CT molecular complexity index is 588. The van der Waals surface area contributed by atoms with Gasteiger partial charge in [0.1, 0.15) is 6.17 Å². The molecule has 4 heteroatoms. The predicted molar refractivity (Wildman–Crippen MR) is 87.3 cm³/mol. The maximum atomic E-state index is 14.3. The van der Waals surface area contributed by atoms with Crippen LogP contribution in [0.2, 0.25) is 0 Å². The first kappa shape index (κ1) is 15.8. The van der Waals surface area contributed by atoms with Gasteiger partial charge in [0.15, 0.2) is 0 Å². The number of halogens is 1. The van der Waals surface area contributed by atoms with Gasteiger partial charge in [0, 0.05) is 17.9 Å². The summed E-state index contributed by atoms with van der Waals surface area (Å²) in [7, 11) is 0. The third-order valence-corrected chi connectivity index (χ3v) is 7.59. The van der Waals surface area contributed by atoms with Gasteiger partial charge in [0.25, 0.3) is 0 Å². The quantitative estimate of drug-likeness (QED) is 0.601. The Labute approximate surface area is 137 Å². The molecule has 2 fully saturated rings. The summed E-state index contributed by atoms with van der Waals surface area (Å²) in [6, 6.07) is -0.451. The van der Waals surface area contributed by atoms with Gasteiger partial charge < -0.3 is 15.9 Å². The van der Waals surface area contributed by atoms with E-state index in [0.29, 0.717) is 19.3 Å². The zero-order chi connectivity index (χ0) is 16.6. The fourth-order valence-corrected chi connectivity index (χ4v) is 6.04. The van der Waals surface area contributed by atoms with E-state index in [4.69, 9.17) is 5.73 Å². The Morgan fingerprint density at radius 2 is 2.00 bits per heavy atom. The molecule has 0 aliphatic heterocycles. The minimum atomic E-state index is -0.998. The van der Waals surface area contributed by atoms with Crippen molar-refractivity contribution in [1.82, 2.24) is 0 Å². The van der Waals surface area contributed by atoms with Gasteiger partial charge in [-0.1, -0.05) is 31.6 Å². The van der Waals surface area contributed by atoms with E-state index in [9.17, 15) is 14.6 Å². The van der Waals surface area contributed by atoms with Crippen molar-refractivity contribution in [3.8, 4) is 0 Å². The molecule has 0 radical (unpaired) electrons. The molecule has 0 aromatic rings. The molecule has 0 bridgehead atoms. The Morgan fingerprint density at radius 1 is 1.26 bits per heavy atom. The van der Waals surface area contributed by atoms with Crippen LogP contribution in [0.15, 0.2) is 23.3 Å². The summed E-state index contributed by atoms with van der Waals surface area (Å²) < 4.78 is 14.3. The van der Waals surface area contributed by atoms with Gasteiger partial charge in [-0.3, -0.25) is 0 Å². The molecule has 2 saturated carbocycles. The van der Waals surface area contributed by atoms with Crippen molar-refractivity contribution in [2.24, 2.45) is 28.4 Å². The lowest BCUT2D eigenvalue weighted by atomic mass is 9.50. The van der Waals surface area contributed by atoms with E-state index in [-0.39, 0.29) is 22.7 Å². The average Bonchev–Trinajstić information content (AvgIpc) is 2.73. The third-order valence-electron chi connectivity index (χ3n) is 7.59. The molecule has 3 nitrogen and oxygen atoms in total. The Balaban J connectivity index is 1.83. The molecular formula is C19H28FNO2. The lowest BCUT2D eigenvalue weighted by Gasteiger charge is -2.55. The van der Waals surface area contributed by atoms with E-state index in [1.165, 1.54) is 0 Å². The summed E-state index contributed by atoms with van der Waals surface area (Å²) in [6.45, 7) is 4.33. The van der Waals surface area contributed by atoms with Crippen LogP contribution in [-0.2, 0) is 0 Å². The Morgan fingerprint density at radius 3 is 2.74 bits per heavy atom. The van der Waals surface area contributed by atoms with Gasteiger partial charge in [-0.15, -0.1) is 0 Å². The molecule has 23 heavy (non-hydrogen) atoms. The number of aliphatic hydroxyl groups excluding tert-OH is 2. The van der Waals surface area contributed by atoms with Crippen LogP contribution >= 0.6 is 0 Å². The highest BCUT2D eigenvalue weighted by Gasteiger charge is 2.57. The molecule has 0 heterocycles. The first-order valence-corrected chi connectivity index (χ1v) is 8.96. The van der Waals surface area contributed by atoms with Gasteiger partial charge in [0.2, 0.25) is 0 Å². The predicted octanol–water partition coefficient (Wildman–Crippen LogP) is 2.48. The summed E-state index contributed by atoms with van der Waals surface area (Å²) >= 11 is 0. The van der Waals surface area contributed by atoms with Gasteiger partial charge in [-0.05, 0) is 48.5 Å². The molecule has 4 aliphatic rings. The second-order valence-corrected chi connectivity index (χ2v) is 8.67. The van der Waals surface area contributed by atoms with Crippen LogP contribution < -0.4 is 5.73 Å². The van der Waals surface area contributed by atoms with Crippen LogP contribution in [-0.4, -0.2) is 34.6 Å².